The van der Waals surface area contributed by atoms with Gasteiger partial charge in [-0.3, -0.25) is 4.79 Å². The lowest BCUT2D eigenvalue weighted by Gasteiger charge is -2.30. The first-order valence-corrected chi connectivity index (χ1v) is 9.89. The molecule has 0 atom stereocenters. The van der Waals surface area contributed by atoms with E-state index in [0.29, 0.717) is 0 Å². The number of carbonyl (C=O) groups is 1. The molecule has 2 heterocycles. The van der Waals surface area contributed by atoms with Crippen molar-refractivity contribution in [3.8, 4) is 11.4 Å². The Balaban J connectivity index is 2.04. The number of fused-ring (bicyclic) bond motifs is 1. The van der Waals surface area contributed by atoms with E-state index in [1.54, 1.807) is 6.92 Å². The molecule has 1 aliphatic rings. The quantitative estimate of drug-likeness (QED) is 0.645. The lowest BCUT2D eigenvalue weighted by atomic mass is 10.1. The molecular formula is C22H19F3N2O5. The van der Waals surface area contributed by atoms with Crippen LogP contribution in [0.3, 0.4) is 0 Å². The van der Waals surface area contributed by atoms with Crippen LogP contribution in [0.25, 0.3) is 16.6 Å². The third-order valence-electron chi connectivity index (χ3n) is 5.21. The summed E-state index contributed by atoms with van der Waals surface area (Å²) in [6.45, 7) is 2.90. The van der Waals surface area contributed by atoms with Gasteiger partial charge in [-0.2, -0.15) is 0 Å². The van der Waals surface area contributed by atoms with E-state index in [1.165, 1.54) is 17.0 Å². The molecule has 32 heavy (non-hydrogen) atoms. The highest BCUT2D eigenvalue weighted by Crippen LogP contribution is 2.32. The number of aromatic carboxylic acids is 1. The summed E-state index contributed by atoms with van der Waals surface area (Å²) in [5, 5.41) is 8.98. The van der Waals surface area contributed by atoms with E-state index in [1.807, 2.05) is 0 Å². The molecule has 10 heteroatoms. The fourth-order valence-electron chi connectivity index (χ4n) is 3.75. The second-order valence-corrected chi connectivity index (χ2v) is 7.11. The smallest absolute Gasteiger partial charge is 0.341 e. The van der Waals surface area contributed by atoms with Gasteiger partial charge in [0.1, 0.15) is 17.1 Å². The van der Waals surface area contributed by atoms with Crippen molar-refractivity contribution in [1.29, 1.82) is 0 Å². The first-order chi connectivity index (χ1) is 15.3. The largest absolute Gasteiger partial charge is 0.491 e. The van der Waals surface area contributed by atoms with Crippen LogP contribution in [0.4, 0.5) is 18.9 Å². The van der Waals surface area contributed by atoms with E-state index in [2.05, 4.69) is 0 Å². The topological polar surface area (TPSA) is 81.0 Å². The van der Waals surface area contributed by atoms with E-state index >= 15 is 4.39 Å². The zero-order valence-electron chi connectivity index (χ0n) is 17.0. The van der Waals surface area contributed by atoms with Gasteiger partial charge < -0.3 is 24.0 Å². The average molecular weight is 448 g/mol. The predicted molar refractivity (Wildman–Crippen MR) is 111 cm³/mol. The number of carboxylic acid groups (broad SMARTS) is 1. The highest BCUT2D eigenvalue weighted by molar-refractivity contribution is 5.94. The number of nitrogens with zero attached hydrogens (tertiary/aromatic N) is 2. The van der Waals surface area contributed by atoms with Gasteiger partial charge in [-0.1, -0.05) is 0 Å². The normalized spacial score (nSPS) is 14.1. The number of anilines is 1. The van der Waals surface area contributed by atoms with Crippen LogP contribution in [0.15, 0.2) is 35.3 Å². The summed E-state index contributed by atoms with van der Waals surface area (Å²) in [4.78, 5) is 25.8. The lowest BCUT2D eigenvalue weighted by Crippen LogP contribution is -2.37. The molecule has 2 aromatic carbocycles. The number of hydrogen-bond donors (Lipinski definition) is 1. The van der Waals surface area contributed by atoms with Crippen LogP contribution in [-0.4, -0.2) is 48.6 Å². The van der Waals surface area contributed by atoms with Gasteiger partial charge in [0.25, 0.3) is 0 Å². The Kier molecular flexibility index (Phi) is 5.79. The van der Waals surface area contributed by atoms with Crippen LogP contribution >= 0.6 is 0 Å². The van der Waals surface area contributed by atoms with Gasteiger partial charge in [0, 0.05) is 31.0 Å². The molecule has 0 saturated carbocycles. The van der Waals surface area contributed by atoms with Crippen LogP contribution in [-0.2, 0) is 4.74 Å². The summed E-state index contributed by atoms with van der Waals surface area (Å²) in [6.07, 6.45) is 0.909. The fraction of sp³-hybridized carbons (Fsp3) is 0.273. The Hall–Kier alpha value is -3.53. The van der Waals surface area contributed by atoms with Crippen molar-refractivity contribution < 1.29 is 32.5 Å². The molecule has 0 aliphatic carbocycles. The number of hydrogen-bond acceptors (Lipinski definition) is 5. The summed E-state index contributed by atoms with van der Waals surface area (Å²) >= 11 is 0. The predicted octanol–water partition coefficient (Wildman–Crippen LogP) is 3.34. The summed E-state index contributed by atoms with van der Waals surface area (Å²) < 4.78 is 56.6. The van der Waals surface area contributed by atoms with Crippen molar-refractivity contribution in [2.24, 2.45) is 0 Å². The summed E-state index contributed by atoms with van der Waals surface area (Å²) in [5.74, 6) is -4.43. The Labute approximate surface area is 180 Å². The highest BCUT2D eigenvalue weighted by atomic mass is 19.1. The Bertz CT molecular complexity index is 1270. The van der Waals surface area contributed by atoms with Gasteiger partial charge in [0.2, 0.25) is 5.43 Å². The molecule has 7 nitrogen and oxygen atoms in total. The molecule has 0 spiro atoms. The second-order valence-electron chi connectivity index (χ2n) is 7.11. The van der Waals surface area contributed by atoms with Crippen molar-refractivity contribution in [3.63, 3.8) is 0 Å². The Morgan fingerprint density at radius 3 is 2.50 bits per heavy atom. The maximum Gasteiger partial charge on any atom is 0.341 e. The van der Waals surface area contributed by atoms with Crippen molar-refractivity contribution in [1.82, 2.24) is 4.57 Å². The van der Waals surface area contributed by atoms with Crippen LogP contribution < -0.4 is 15.1 Å². The minimum Gasteiger partial charge on any atom is -0.491 e. The van der Waals surface area contributed by atoms with Crippen molar-refractivity contribution >= 4 is 22.6 Å². The van der Waals surface area contributed by atoms with Gasteiger partial charge in [-0.05, 0) is 25.1 Å². The van der Waals surface area contributed by atoms with Gasteiger partial charge >= 0.3 is 5.97 Å². The first-order valence-electron chi connectivity index (χ1n) is 9.89. The third-order valence-corrected chi connectivity index (χ3v) is 5.21. The molecule has 3 aromatic rings. The molecule has 4 rings (SSSR count). The molecule has 0 unspecified atom stereocenters. The molecule has 1 N–H and O–H groups in total. The minimum atomic E-state index is -1.57. The average Bonchev–Trinajstić information content (AvgIpc) is 2.76. The molecule has 1 aromatic heterocycles. The fourth-order valence-corrected chi connectivity index (χ4v) is 3.75. The zero-order valence-corrected chi connectivity index (χ0v) is 17.0. The van der Waals surface area contributed by atoms with Crippen molar-refractivity contribution in [2.45, 2.75) is 6.92 Å². The zero-order chi connectivity index (χ0) is 23.0. The van der Waals surface area contributed by atoms with E-state index in [-0.39, 0.29) is 55.6 Å². The molecule has 0 radical (unpaired) electrons. The number of carboxylic acids is 1. The Morgan fingerprint density at radius 2 is 1.88 bits per heavy atom. The highest BCUT2D eigenvalue weighted by Gasteiger charge is 2.26. The third kappa shape index (κ3) is 3.66. The lowest BCUT2D eigenvalue weighted by molar-refractivity contribution is 0.0695. The van der Waals surface area contributed by atoms with E-state index in [4.69, 9.17) is 9.47 Å². The van der Waals surface area contributed by atoms with Gasteiger partial charge in [0.05, 0.1) is 30.7 Å². The maximum absolute atomic E-state index is 15.7. The van der Waals surface area contributed by atoms with Gasteiger partial charge in [0.15, 0.2) is 17.4 Å². The number of halogens is 3. The van der Waals surface area contributed by atoms with E-state index in [0.717, 1.165) is 22.9 Å². The molecule has 0 bridgehead atoms. The van der Waals surface area contributed by atoms with Gasteiger partial charge in [-0.25, -0.2) is 18.0 Å². The summed E-state index contributed by atoms with van der Waals surface area (Å²) in [5.41, 5.74) is -2.42. The number of rotatable bonds is 5. The minimum absolute atomic E-state index is 0.0388. The van der Waals surface area contributed by atoms with Crippen molar-refractivity contribution in [3.05, 3.63) is 63.7 Å². The molecule has 1 saturated heterocycles. The van der Waals surface area contributed by atoms with Crippen LogP contribution in [0, 0.1) is 17.5 Å². The van der Waals surface area contributed by atoms with Crippen molar-refractivity contribution in [2.75, 3.05) is 37.8 Å². The number of morpholine rings is 1. The van der Waals surface area contributed by atoms with E-state index < -0.39 is 39.8 Å². The summed E-state index contributed by atoms with van der Waals surface area (Å²) in [7, 11) is 0. The van der Waals surface area contributed by atoms with Gasteiger partial charge in [-0.15, -0.1) is 0 Å². The number of benzene rings is 2. The molecule has 1 fully saturated rings. The van der Waals surface area contributed by atoms with Crippen LogP contribution in [0.1, 0.15) is 17.3 Å². The number of pyridine rings is 1. The molecule has 168 valence electrons. The molecule has 0 amide bonds. The Morgan fingerprint density at radius 1 is 1.16 bits per heavy atom. The molecule has 1 aliphatic heterocycles. The van der Waals surface area contributed by atoms with E-state index in [9.17, 15) is 23.5 Å². The number of ether oxygens (including phenoxy) is 2. The summed E-state index contributed by atoms with van der Waals surface area (Å²) in [6, 6.07) is 4.54. The van der Waals surface area contributed by atoms with Crippen LogP contribution in [0.2, 0.25) is 0 Å². The SMILES string of the molecule is CCOc1ccc(-n2cc(C(=O)O)c(=O)c3cc(F)c(N4CCOCC4)c(F)c32)cc1F. The monoisotopic (exact) mass is 448 g/mol. The first kappa shape index (κ1) is 21.7. The second kappa shape index (κ2) is 8.54. The molecular weight excluding hydrogens is 429 g/mol. The standard InChI is InChI=1S/C22H19F3N2O5/c1-2-32-17-4-3-12(9-15(17)23)27-11-14(22(29)30)21(28)13-10-16(24)20(18(25)19(13)27)26-5-7-31-8-6-26/h3-4,9-11H,2,5-8H2,1H3,(H,29,30). The maximum atomic E-state index is 15.7. The number of aromatic nitrogens is 1. The van der Waals surface area contributed by atoms with Crippen LogP contribution in [0.5, 0.6) is 5.75 Å².